The fraction of sp³-hybridized carbons (Fsp3) is 0.231. The highest BCUT2D eigenvalue weighted by molar-refractivity contribution is 5.94. The van der Waals surface area contributed by atoms with Crippen LogP contribution in [0.3, 0.4) is 0 Å². The van der Waals surface area contributed by atoms with E-state index in [1.54, 1.807) is 24.3 Å². The summed E-state index contributed by atoms with van der Waals surface area (Å²) in [4.78, 5) is 13.0. The Labute approximate surface area is 185 Å². The minimum atomic E-state index is -0.973. The van der Waals surface area contributed by atoms with Crippen molar-refractivity contribution in [3.63, 3.8) is 0 Å². The van der Waals surface area contributed by atoms with E-state index in [0.717, 1.165) is 22.1 Å². The van der Waals surface area contributed by atoms with Crippen molar-refractivity contribution in [2.75, 3.05) is 6.61 Å². The lowest BCUT2D eigenvalue weighted by atomic mass is 9.99. The van der Waals surface area contributed by atoms with E-state index in [-0.39, 0.29) is 31.1 Å². The Bertz CT molecular complexity index is 1320. The molecule has 164 valence electrons. The lowest BCUT2D eigenvalue weighted by Crippen LogP contribution is -2.31. The molecule has 0 aliphatic rings. The normalized spacial score (nSPS) is 12.2. The summed E-state index contributed by atoms with van der Waals surface area (Å²) < 4.78 is 20.5. The average Bonchev–Trinajstić information content (AvgIpc) is 2.79. The minimum Gasteiger partial charge on any atom is -0.389 e. The number of aliphatic hydroxyl groups excluding tert-OH is 1. The van der Waals surface area contributed by atoms with Crippen LogP contribution in [0.25, 0.3) is 22.0 Å². The van der Waals surface area contributed by atoms with Crippen molar-refractivity contribution < 1.29 is 14.2 Å². The average molecular weight is 432 g/mol. The third-order valence-electron chi connectivity index (χ3n) is 5.43. The van der Waals surface area contributed by atoms with E-state index in [1.165, 1.54) is 10.7 Å². The zero-order valence-electron chi connectivity index (χ0n) is 18.1. The van der Waals surface area contributed by atoms with Crippen LogP contribution in [-0.4, -0.2) is 27.6 Å². The molecule has 0 amide bonds. The second-order valence-corrected chi connectivity index (χ2v) is 7.96. The monoisotopic (exact) mass is 432 g/mol. The fourth-order valence-electron chi connectivity index (χ4n) is 3.72. The molecule has 0 radical (unpaired) electrons. The first-order valence-corrected chi connectivity index (χ1v) is 10.5. The van der Waals surface area contributed by atoms with Crippen LogP contribution in [0, 0.1) is 19.7 Å². The Morgan fingerprint density at radius 1 is 1.03 bits per heavy atom. The number of benzene rings is 3. The number of aryl methyl sites for hydroxylation is 2. The van der Waals surface area contributed by atoms with Gasteiger partial charge in [0.1, 0.15) is 5.82 Å². The molecule has 0 bridgehead atoms. The summed E-state index contributed by atoms with van der Waals surface area (Å²) in [5.41, 5.74) is 3.92. The van der Waals surface area contributed by atoms with Gasteiger partial charge >= 0.3 is 0 Å². The van der Waals surface area contributed by atoms with Crippen LogP contribution in [-0.2, 0) is 17.9 Å². The number of hydrogen-bond acceptors (Lipinski definition) is 4. The molecule has 0 saturated heterocycles. The van der Waals surface area contributed by atoms with Gasteiger partial charge in [0, 0.05) is 16.5 Å². The topological polar surface area (TPSA) is 64.3 Å². The van der Waals surface area contributed by atoms with Gasteiger partial charge in [-0.25, -0.2) is 9.07 Å². The highest BCUT2D eigenvalue weighted by Crippen LogP contribution is 2.28. The molecule has 6 heteroatoms. The van der Waals surface area contributed by atoms with Gasteiger partial charge < -0.3 is 9.84 Å². The molecule has 5 nitrogen and oxygen atoms in total. The van der Waals surface area contributed by atoms with Crippen LogP contribution in [0.2, 0.25) is 0 Å². The number of aromatic nitrogens is 2. The summed E-state index contributed by atoms with van der Waals surface area (Å²) in [5.74, 6) is -0.354. The molecule has 0 aliphatic carbocycles. The Hall–Kier alpha value is -3.35. The summed E-state index contributed by atoms with van der Waals surface area (Å²) >= 11 is 0. The lowest BCUT2D eigenvalue weighted by Gasteiger charge is -2.16. The molecule has 0 spiro atoms. The SMILES string of the molecule is Cc1ccc(C)c(-c2nn(CC(O)COCc3ccccc3F)c(=O)c3ccccc23)c1. The zero-order valence-corrected chi connectivity index (χ0v) is 18.1. The number of aliphatic hydroxyl groups is 1. The highest BCUT2D eigenvalue weighted by Gasteiger charge is 2.16. The number of rotatable bonds is 7. The van der Waals surface area contributed by atoms with Crippen LogP contribution < -0.4 is 5.56 Å². The number of hydrogen-bond donors (Lipinski definition) is 1. The van der Waals surface area contributed by atoms with Crippen molar-refractivity contribution in [1.82, 2.24) is 9.78 Å². The van der Waals surface area contributed by atoms with Crippen molar-refractivity contribution in [3.8, 4) is 11.3 Å². The quantitative estimate of drug-likeness (QED) is 0.470. The summed E-state index contributed by atoms with van der Waals surface area (Å²) in [6.07, 6.45) is -0.973. The third-order valence-corrected chi connectivity index (χ3v) is 5.43. The highest BCUT2D eigenvalue weighted by atomic mass is 19.1. The molecule has 32 heavy (non-hydrogen) atoms. The second-order valence-electron chi connectivity index (χ2n) is 7.96. The van der Waals surface area contributed by atoms with Gasteiger partial charge in [-0.2, -0.15) is 5.10 Å². The van der Waals surface area contributed by atoms with Crippen molar-refractivity contribution in [3.05, 3.63) is 99.6 Å². The van der Waals surface area contributed by atoms with Crippen LogP contribution in [0.4, 0.5) is 4.39 Å². The maximum Gasteiger partial charge on any atom is 0.274 e. The van der Waals surface area contributed by atoms with Gasteiger partial charge in [-0.05, 0) is 37.6 Å². The first-order valence-electron chi connectivity index (χ1n) is 10.5. The standard InChI is InChI=1S/C26H25FN2O3/c1-17-11-12-18(2)23(13-17)25-21-8-4-5-9-22(21)26(31)29(28-25)14-20(30)16-32-15-19-7-3-6-10-24(19)27/h3-13,20,30H,14-16H2,1-2H3. The summed E-state index contributed by atoms with van der Waals surface area (Å²) in [6, 6.07) is 19.8. The van der Waals surface area contributed by atoms with Gasteiger partial charge in [0.25, 0.3) is 5.56 Å². The second kappa shape index (κ2) is 9.42. The van der Waals surface area contributed by atoms with Gasteiger partial charge in [0.2, 0.25) is 0 Å². The molecule has 0 saturated carbocycles. The molecule has 3 aromatic carbocycles. The smallest absolute Gasteiger partial charge is 0.274 e. The predicted octanol–water partition coefficient (Wildman–Crippen LogP) is 4.40. The molecule has 1 atom stereocenters. The van der Waals surface area contributed by atoms with Crippen LogP contribution in [0.5, 0.6) is 0 Å². The maximum absolute atomic E-state index is 13.7. The van der Waals surface area contributed by atoms with Crippen molar-refractivity contribution in [1.29, 1.82) is 0 Å². The molecular weight excluding hydrogens is 407 g/mol. The minimum absolute atomic E-state index is 0.0290. The van der Waals surface area contributed by atoms with Crippen molar-refractivity contribution >= 4 is 10.8 Å². The molecule has 4 aromatic rings. The first kappa shape index (κ1) is 21.9. The van der Waals surface area contributed by atoms with Crippen molar-refractivity contribution in [2.24, 2.45) is 0 Å². The van der Waals surface area contributed by atoms with Crippen LogP contribution in [0.1, 0.15) is 16.7 Å². The van der Waals surface area contributed by atoms with E-state index in [0.29, 0.717) is 16.6 Å². The molecule has 0 fully saturated rings. The largest absolute Gasteiger partial charge is 0.389 e. The van der Waals surface area contributed by atoms with E-state index < -0.39 is 6.10 Å². The Balaban J connectivity index is 1.61. The fourth-order valence-corrected chi connectivity index (χ4v) is 3.72. The summed E-state index contributed by atoms with van der Waals surface area (Å²) in [7, 11) is 0. The van der Waals surface area contributed by atoms with Crippen LogP contribution in [0.15, 0.2) is 71.5 Å². The van der Waals surface area contributed by atoms with E-state index in [1.807, 2.05) is 50.2 Å². The summed E-state index contributed by atoms with van der Waals surface area (Å²) in [5, 5.41) is 16.4. The summed E-state index contributed by atoms with van der Waals surface area (Å²) in [6.45, 7) is 3.98. The Morgan fingerprint density at radius 3 is 2.53 bits per heavy atom. The van der Waals surface area contributed by atoms with Gasteiger partial charge in [0.05, 0.1) is 36.9 Å². The molecule has 1 unspecified atom stereocenters. The van der Waals surface area contributed by atoms with Gasteiger partial charge in [-0.1, -0.05) is 54.1 Å². The van der Waals surface area contributed by atoms with E-state index in [2.05, 4.69) is 5.10 Å². The number of nitrogens with zero attached hydrogens (tertiary/aromatic N) is 2. The lowest BCUT2D eigenvalue weighted by molar-refractivity contribution is 0.0173. The predicted molar refractivity (Wildman–Crippen MR) is 123 cm³/mol. The zero-order chi connectivity index (χ0) is 22.7. The van der Waals surface area contributed by atoms with E-state index >= 15 is 0 Å². The number of ether oxygens (including phenoxy) is 1. The van der Waals surface area contributed by atoms with Gasteiger partial charge in [-0.15, -0.1) is 0 Å². The molecule has 1 heterocycles. The van der Waals surface area contributed by atoms with E-state index in [9.17, 15) is 14.3 Å². The number of halogens is 1. The molecule has 4 rings (SSSR count). The third kappa shape index (κ3) is 4.61. The van der Waals surface area contributed by atoms with Crippen LogP contribution >= 0.6 is 0 Å². The van der Waals surface area contributed by atoms with Gasteiger partial charge in [-0.3, -0.25) is 4.79 Å². The molecule has 1 N–H and O–H groups in total. The first-order chi connectivity index (χ1) is 15.4. The Kier molecular flexibility index (Phi) is 6.44. The van der Waals surface area contributed by atoms with Crippen molar-refractivity contribution in [2.45, 2.75) is 33.1 Å². The molecule has 0 aliphatic heterocycles. The number of fused-ring (bicyclic) bond motifs is 1. The van der Waals surface area contributed by atoms with Gasteiger partial charge in [0.15, 0.2) is 0 Å². The molecule has 1 aromatic heterocycles. The Morgan fingerprint density at radius 2 is 1.75 bits per heavy atom. The van der Waals surface area contributed by atoms with E-state index in [4.69, 9.17) is 4.74 Å². The maximum atomic E-state index is 13.7. The molecular formula is C26H25FN2O3.